The van der Waals surface area contributed by atoms with Gasteiger partial charge in [0.2, 0.25) is 0 Å². The van der Waals surface area contributed by atoms with Crippen molar-refractivity contribution in [1.82, 2.24) is 5.32 Å². The minimum Gasteiger partial charge on any atom is -0.483 e. The van der Waals surface area contributed by atoms with Gasteiger partial charge in [0, 0.05) is 12.2 Å². The molecule has 0 saturated carbocycles. The number of rotatable bonds is 8. The van der Waals surface area contributed by atoms with Crippen LogP contribution in [0.4, 0.5) is 5.69 Å². The first-order chi connectivity index (χ1) is 14.2. The van der Waals surface area contributed by atoms with E-state index in [9.17, 15) is 9.59 Å². The Morgan fingerprint density at radius 3 is 2.34 bits per heavy atom. The average Bonchev–Trinajstić information content (AvgIpc) is 2.77. The third-order valence-corrected chi connectivity index (χ3v) is 4.46. The van der Waals surface area contributed by atoms with Crippen LogP contribution in [0.2, 0.25) is 0 Å². The van der Waals surface area contributed by atoms with Crippen LogP contribution < -0.4 is 15.4 Å². The number of benzene rings is 3. The number of nitrogens with one attached hydrogen (secondary N) is 2. The van der Waals surface area contributed by atoms with Crippen LogP contribution in [0.5, 0.6) is 5.75 Å². The molecule has 0 unspecified atom stereocenters. The van der Waals surface area contributed by atoms with Gasteiger partial charge in [-0.05, 0) is 35.7 Å². The van der Waals surface area contributed by atoms with E-state index >= 15 is 0 Å². The van der Waals surface area contributed by atoms with E-state index in [1.165, 1.54) is 0 Å². The maximum atomic E-state index is 12.6. The van der Waals surface area contributed by atoms with E-state index in [0.29, 0.717) is 17.9 Å². The van der Waals surface area contributed by atoms with Crippen molar-refractivity contribution in [2.75, 3.05) is 11.9 Å². The molecule has 0 bridgehead atoms. The lowest BCUT2D eigenvalue weighted by atomic mass is 10.1. The van der Waals surface area contributed by atoms with E-state index in [4.69, 9.17) is 4.74 Å². The second-order valence-corrected chi connectivity index (χ2v) is 6.51. The van der Waals surface area contributed by atoms with Gasteiger partial charge in [0.05, 0.1) is 5.56 Å². The maximum Gasteiger partial charge on any atom is 0.262 e. The molecule has 3 rings (SSSR count). The quantitative estimate of drug-likeness (QED) is 0.608. The van der Waals surface area contributed by atoms with Gasteiger partial charge in [-0.15, -0.1) is 0 Å². The summed E-state index contributed by atoms with van der Waals surface area (Å²) in [4.78, 5) is 24.9. The van der Waals surface area contributed by atoms with Gasteiger partial charge >= 0.3 is 0 Å². The van der Waals surface area contributed by atoms with Gasteiger partial charge in [-0.3, -0.25) is 9.59 Å². The van der Waals surface area contributed by atoms with E-state index in [1.807, 2.05) is 61.5 Å². The first-order valence-electron chi connectivity index (χ1n) is 9.59. The molecule has 3 aromatic rings. The second kappa shape index (κ2) is 10.1. The van der Waals surface area contributed by atoms with Crippen LogP contribution in [0.3, 0.4) is 0 Å². The van der Waals surface area contributed by atoms with Crippen LogP contribution in [-0.4, -0.2) is 18.4 Å². The summed E-state index contributed by atoms with van der Waals surface area (Å²) in [6.07, 6.45) is 0.821. The van der Waals surface area contributed by atoms with Crippen LogP contribution in [0.25, 0.3) is 0 Å². The fourth-order valence-corrected chi connectivity index (χ4v) is 2.93. The minimum absolute atomic E-state index is 0.180. The normalized spacial score (nSPS) is 10.2. The first kappa shape index (κ1) is 20.1. The molecule has 0 aromatic heterocycles. The highest BCUT2D eigenvalue weighted by molar-refractivity contribution is 5.97. The number of carbonyl (C=O) groups excluding carboxylic acids is 2. The number of hydrogen-bond acceptors (Lipinski definition) is 3. The van der Waals surface area contributed by atoms with Crippen molar-refractivity contribution in [2.45, 2.75) is 19.9 Å². The third-order valence-electron chi connectivity index (χ3n) is 4.46. The zero-order chi connectivity index (χ0) is 20.5. The lowest BCUT2D eigenvalue weighted by Gasteiger charge is -2.13. The lowest BCUT2D eigenvalue weighted by molar-refractivity contribution is -0.118. The molecule has 5 heteroatoms. The number of para-hydroxylation sites is 2. The predicted octanol–water partition coefficient (Wildman–Crippen LogP) is 4.20. The van der Waals surface area contributed by atoms with Gasteiger partial charge in [-0.1, -0.05) is 67.6 Å². The minimum atomic E-state index is -0.273. The maximum absolute atomic E-state index is 12.6. The Morgan fingerprint density at radius 1 is 0.862 bits per heavy atom. The van der Waals surface area contributed by atoms with Crippen molar-refractivity contribution < 1.29 is 14.3 Å². The summed E-state index contributed by atoms with van der Waals surface area (Å²) in [5, 5.41) is 5.74. The van der Waals surface area contributed by atoms with Crippen LogP contribution in [-0.2, 0) is 17.8 Å². The zero-order valence-corrected chi connectivity index (χ0v) is 16.4. The first-order valence-corrected chi connectivity index (χ1v) is 9.59. The Kier molecular flexibility index (Phi) is 7.00. The van der Waals surface area contributed by atoms with Gasteiger partial charge in [0.15, 0.2) is 6.61 Å². The Labute approximate surface area is 170 Å². The fourth-order valence-electron chi connectivity index (χ4n) is 2.93. The smallest absolute Gasteiger partial charge is 0.262 e. The van der Waals surface area contributed by atoms with Crippen molar-refractivity contribution in [3.05, 3.63) is 95.6 Å². The van der Waals surface area contributed by atoms with E-state index < -0.39 is 0 Å². The summed E-state index contributed by atoms with van der Waals surface area (Å²) in [5.41, 5.74) is 3.23. The molecule has 0 radical (unpaired) electrons. The molecule has 5 nitrogen and oxygen atoms in total. The molecule has 148 valence electrons. The SMILES string of the molecule is CCc1ccccc1NC(=O)COc1ccccc1C(=O)NCc1ccccc1. The number of amides is 2. The number of ether oxygens (including phenoxy) is 1. The molecule has 0 aliphatic rings. The monoisotopic (exact) mass is 388 g/mol. The predicted molar refractivity (Wildman–Crippen MR) is 114 cm³/mol. The number of hydrogen-bond donors (Lipinski definition) is 2. The van der Waals surface area contributed by atoms with Gasteiger partial charge in [0.1, 0.15) is 5.75 Å². The third kappa shape index (κ3) is 5.69. The van der Waals surface area contributed by atoms with Gasteiger partial charge in [-0.25, -0.2) is 0 Å². The summed E-state index contributed by atoms with van der Waals surface area (Å²) in [5.74, 6) is -0.149. The summed E-state index contributed by atoms with van der Waals surface area (Å²) in [7, 11) is 0. The van der Waals surface area contributed by atoms with E-state index in [1.54, 1.807) is 24.3 Å². The van der Waals surface area contributed by atoms with E-state index in [0.717, 1.165) is 23.2 Å². The van der Waals surface area contributed by atoms with Gasteiger partial charge in [-0.2, -0.15) is 0 Å². The number of anilines is 1. The number of aryl methyl sites for hydroxylation is 1. The largest absolute Gasteiger partial charge is 0.483 e. The summed E-state index contributed by atoms with van der Waals surface area (Å²) in [6, 6.07) is 24.2. The molecule has 0 heterocycles. The fraction of sp³-hybridized carbons (Fsp3) is 0.167. The highest BCUT2D eigenvalue weighted by atomic mass is 16.5. The second-order valence-electron chi connectivity index (χ2n) is 6.51. The molecular formula is C24H24N2O3. The van der Waals surface area contributed by atoms with Crippen molar-refractivity contribution in [3.8, 4) is 5.75 Å². The zero-order valence-electron chi connectivity index (χ0n) is 16.4. The summed E-state index contributed by atoms with van der Waals surface area (Å²) in [6.45, 7) is 2.27. The molecule has 2 N–H and O–H groups in total. The van der Waals surface area contributed by atoms with Crippen LogP contribution >= 0.6 is 0 Å². The molecule has 0 fully saturated rings. The Morgan fingerprint density at radius 2 is 1.55 bits per heavy atom. The van der Waals surface area contributed by atoms with Crippen LogP contribution in [0.15, 0.2) is 78.9 Å². The van der Waals surface area contributed by atoms with Crippen LogP contribution in [0.1, 0.15) is 28.4 Å². The van der Waals surface area contributed by atoms with Crippen molar-refractivity contribution in [3.63, 3.8) is 0 Å². The molecule has 29 heavy (non-hydrogen) atoms. The molecule has 2 amide bonds. The molecule has 0 aliphatic heterocycles. The van der Waals surface area contributed by atoms with Crippen molar-refractivity contribution in [1.29, 1.82) is 0 Å². The van der Waals surface area contributed by atoms with E-state index in [2.05, 4.69) is 10.6 Å². The molecule has 0 saturated heterocycles. The molecule has 0 aliphatic carbocycles. The highest BCUT2D eigenvalue weighted by Crippen LogP contribution is 2.19. The summed E-state index contributed by atoms with van der Waals surface area (Å²) < 4.78 is 5.64. The topological polar surface area (TPSA) is 67.4 Å². The lowest BCUT2D eigenvalue weighted by Crippen LogP contribution is -2.25. The molecular weight excluding hydrogens is 364 g/mol. The van der Waals surface area contributed by atoms with E-state index in [-0.39, 0.29) is 18.4 Å². The standard InChI is InChI=1S/C24H24N2O3/c1-2-19-12-6-8-14-21(19)26-23(27)17-29-22-15-9-7-13-20(22)24(28)25-16-18-10-4-3-5-11-18/h3-15H,2,16-17H2,1H3,(H,25,28)(H,26,27). The van der Waals surface area contributed by atoms with Gasteiger partial charge in [0.25, 0.3) is 11.8 Å². The Hall–Kier alpha value is -3.60. The Balaban J connectivity index is 1.60. The summed E-state index contributed by atoms with van der Waals surface area (Å²) >= 11 is 0. The molecule has 0 atom stereocenters. The molecule has 0 spiro atoms. The van der Waals surface area contributed by atoms with Crippen molar-refractivity contribution in [2.24, 2.45) is 0 Å². The average molecular weight is 388 g/mol. The Bertz CT molecular complexity index is 971. The van der Waals surface area contributed by atoms with Crippen molar-refractivity contribution >= 4 is 17.5 Å². The highest BCUT2D eigenvalue weighted by Gasteiger charge is 2.13. The van der Waals surface area contributed by atoms with Crippen LogP contribution in [0, 0.1) is 0 Å². The molecule has 3 aromatic carbocycles. The van der Waals surface area contributed by atoms with Gasteiger partial charge < -0.3 is 15.4 Å². The number of carbonyl (C=O) groups is 2.